The van der Waals surface area contributed by atoms with Gasteiger partial charge < -0.3 is 20.6 Å². The number of carbonyl (C=O) groups excluding carboxylic acids is 1. The average molecular weight is 315 g/mol. The Morgan fingerprint density at radius 1 is 1.39 bits per heavy atom. The summed E-state index contributed by atoms with van der Waals surface area (Å²) in [6.07, 6.45) is 4.70. The quantitative estimate of drug-likeness (QED) is 0.767. The molecule has 1 fully saturated rings. The lowest BCUT2D eigenvalue weighted by Gasteiger charge is -2.43. The molecule has 0 saturated carbocycles. The van der Waals surface area contributed by atoms with Crippen molar-refractivity contribution in [1.29, 1.82) is 0 Å². The standard InChI is InChI=1S/C16H21N5O2/c17-16(23)5-4-13-11-20(14-9-18-19-10-14)6-7-21(13)12-2-1-3-15(22)8-12/h1-3,8-10,13,22H,4-7,11H2,(H2,17,23)(H,18,19). The number of aromatic hydroxyl groups is 1. The number of nitrogens with zero attached hydrogens (tertiary/aromatic N) is 3. The Kier molecular flexibility index (Phi) is 4.36. The maximum atomic E-state index is 11.2. The lowest BCUT2D eigenvalue weighted by atomic mass is 10.0. The fraction of sp³-hybridized carbons (Fsp3) is 0.375. The third kappa shape index (κ3) is 3.56. The second kappa shape index (κ2) is 6.60. The number of aromatic amines is 1. The molecular formula is C16H21N5O2. The summed E-state index contributed by atoms with van der Waals surface area (Å²) in [5.74, 6) is -0.0466. The van der Waals surface area contributed by atoms with E-state index in [-0.39, 0.29) is 17.7 Å². The number of phenols is 1. The normalized spacial score (nSPS) is 18.2. The van der Waals surface area contributed by atoms with Crippen LogP contribution in [0.2, 0.25) is 0 Å². The number of benzene rings is 1. The Hall–Kier alpha value is -2.70. The first-order chi connectivity index (χ1) is 11.1. The molecule has 2 aromatic rings. The molecule has 3 rings (SSSR count). The molecule has 0 spiro atoms. The number of H-pyrrole nitrogens is 1. The van der Waals surface area contributed by atoms with E-state index in [1.54, 1.807) is 18.3 Å². The second-order valence-electron chi connectivity index (χ2n) is 5.77. The summed E-state index contributed by atoms with van der Waals surface area (Å²) in [7, 11) is 0. The van der Waals surface area contributed by atoms with E-state index in [0.717, 1.165) is 31.0 Å². The summed E-state index contributed by atoms with van der Waals surface area (Å²) in [6, 6.07) is 7.37. The molecule has 4 N–H and O–H groups in total. The summed E-state index contributed by atoms with van der Waals surface area (Å²) < 4.78 is 0. The van der Waals surface area contributed by atoms with E-state index in [1.807, 2.05) is 18.3 Å². The van der Waals surface area contributed by atoms with Gasteiger partial charge in [0, 0.05) is 50.0 Å². The van der Waals surface area contributed by atoms with Crippen LogP contribution >= 0.6 is 0 Å². The van der Waals surface area contributed by atoms with Crippen LogP contribution in [0, 0.1) is 0 Å². The maximum Gasteiger partial charge on any atom is 0.217 e. The largest absolute Gasteiger partial charge is 0.508 e. The van der Waals surface area contributed by atoms with Crippen LogP contribution in [0.15, 0.2) is 36.7 Å². The Morgan fingerprint density at radius 3 is 2.96 bits per heavy atom. The van der Waals surface area contributed by atoms with Gasteiger partial charge in [-0.15, -0.1) is 0 Å². The molecule has 1 aromatic heterocycles. The first kappa shape index (κ1) is 15.2. The molecule has 1 unspecified atom stereocenters. The first-order valence-electron chi connectivity index (χ1n) is 7.71. The summed E-state index contributed by atoms with van der Waals surface area (Å²) in [5.41, 5.74) is 7.33. The topological polar surface area (TPSA) is 98.5 Å². The number of amides is 1. The van der Waals surface area contributed by atoms with Crippen LogP contribution in [-0.4, -0.2) is 46.9 Å². The van der Waals surface area contributed by atoms with E-state index in [4.69, 9.17) is 5.73 Å². The van der Waals surface area contributed by atoms with Gasteiger partial charge in [-0.2, -0.15) is 5.10 Å². The highest BCUT2D eigenvalue weighted by Gasteiger charge is 2.28. The number of primary amides is 1. The zero-order chi connectivity index (χ0) is 16.2. The molecule has 1 atom stereocenters. The van der Waals surface area contributed by atoms with Crippen LogP contribution in [0.5, 0.6) is 5.75 Å². The van der Waals surface area contributed by atoms with Crippen molar-refractivity contribution in [2.24, 2.45) is 5.73 Å². The van der Waals surface area contributed by atoms with Crippen LogP contribution in [0.3, 0.4) is 0 Å². The van der Waals surface area contributed by atoms with E-state index >= 15 is 0 Å². The van der Waals surface area contributed by atoms with Crippen LogP contribution in [-0.2, 0) is 4.79 Å². The van der Waals surface area contributed by atoms with Gasteiger partial charge in [-0.1, -0.05) is 6.07 Å². The number of piperazine rings is 1. The monoisotopic (exact) mass is 315 g/mol. The van der Waals surface area contributed by atoms with Crippen molar-refractivity contribution >= 4 is 17.3 Å². The van der Waals surface area contributed by atoms with Crippen molar-refractivity contribution in [2.45, 2.75) is 18.9 Å². The predicted octanol–water partition coefficient (Wildman–Crippen LogP) is 1.08. The van der Waals surface area contributed by atoms with E-state index in [2.05, 4.69) is 20.0 Å². The minimum absolute atomic E-state index is 0.146. The van der Waals surface area contributed by atoms with Gasteiger partial charge in [0.2, 0.25) is 5.91 Å². The van der Waals surface area contributed by atoms with E-state index in [1.165, 1.54) is 0 Å². The molecule has 2 heterocycles. The second-order valence-corrected chi connectivity index (χ2v) is 5.77. The molecule has 122 valence electrons. The number of hydrogen-bond donors (Lipinski definition) is 3. The van der Waals surface area contributed by atoms with Gasteiger partial charge in [-0.3, -0.25) is 9.89 Å². The highest BCUT2D eigenvalue weighted by molar-refractivity contribution is 5.73. The Labute approximate surface area is 134 Å². The fourth-order valence-electron chi connectivity index (χ4n) is 3.07. The Bertz CT molecular complexity index is 658. The van der Waals surface area contributed by atoms with Crippen LogP contribution in [0.1, 0.15) is 12.8 Å². The van der Waals surface area contributed by atoms with Crippen LogP contribution < -0.4 is 15.5 Å². The SMILES string of the molecule is NC(=O)CCC1CN(c2cn[nH]c2)CCN1c1cccc(O)c1. The van der Waals surface area contributed by atoms with Gasteiger partial charge in [0.15, 0.2) is 0 Å². The third-order valence-corrected chi connectivity index (χ3v) is 4.22. The molecule has 1 saturated heterocycles. The predicted molar refractivity (Wildman–Crippen MR) is 88.5 cm³/mol. The van der Waals surface area contributed by atoms with Crippen LogP contribution in [0.25, 0.3) is 0 Å². The average Bonchev–Trinajstić information content (AvgIpc) is 3.07. The molecule has 1 amide bonds. The van der Waals surface area contributed by atoms with E-state index < -0.39 is 0 Å². The third-order valence-electron chi connectivity index (χ3n) is 4.22. The zero-order valence-electron chi connectivity index (χ0n) is 12.9. The van der Waals surface area contributed by atoms with Crippen molar-refractivity contribution in [3.8, 4) is 5.75 Å². The van der Waals surface area contributed by atoms with Crippen molar-refractivity contribution in [3.63, 3.8) is 0 Å². The van der Waals surface area contributed by atoms with Gasteiger partial charge in [-0.25, -0.2) is 0 Å². The maximum absolute atomic E-state index is 11.2. The smallest absolute Gasteiger partial charge is 0.217 e. The molecule has 0 radical (unpaired) electrons. The van der Waals surface area contributed by atoms with E-state index in [0.29, 0.717) is 12.8 Å². The molecule has 0 aliphatic carbocycles. The summed E-state index contributed by atoms with van der Waals surface area (Å²) in [6.45, 7) is 2.43. The molecule has 1 aliphatic heterocycles. The zero-order valence-corrected chi connectivity index (χ0v) is 12.9. The summed E-state index contributed by atoms with van der Waals surface area (Å²) in [5, 5.41) is 16.6. The molecule has 1 aliphatic rings. The number of rotatable bonds is 5. The molecule has 7 heteroatoms. The lowest BCUT2D eigenvalue weighted by Crippen LogP contribution is -2.53. The number of nitrogens with one attached hydrogen (secondary N) is 1. The summed E-state index contributed by atoms with van der Waals surface area (Å²) in [4.78, 5) is 15.7. The molecule has 7 nitrogen and oxygen atoms in total. The van der Waals surface area contributed by atoms with E-state index in [9.17, 15) is 9.90 Å². The first-order valence-corrected chi connectivity index (χ1v) is 7.71. The highest BCUT2D eigenvalue weighted by Crippen LogP contribution is 2.27. The fourth-order valence-corrected chi connectivity index (χ4v) is 3.07. The van der Waals surface area contributed by atoms with Gasteiger partial charge in [0.1, 0.15) is 5.75 Å². The number of hydrogen-bond acceptors (Lipinski definition) is 5. The van der Waals surface area contributed by atoms with Gasteiger partial charge in [0.05, 0.1) is 11.9 Å². The van der Waals surface area contributed by atoms with Crippen molar-refractivity contribution < 1.29 is 9.90 Å². The number of anilines is 2. The Morgan fingerprint density at radius 2 is 2.26 bits per heavy atom. The van der Waals surface area contributed by atoms with Crippen molar-refractivity contribution in [2.75, 3.05) is 29.4 Å². The van der Waals surface area contributed by atoms with Gasteiger partial charge >= 0.3 is 0 Å². The lowest BCUT2D eigenvalue weighted by molar-refractivity contribution is -0.118. The van der Waals surface area contributed by atoms with Gasteiger partial charge in [-0.05, 0) is 18.6 Å². The number of carbonyl (C=O) groups is 1. The number of nitrogens with two attached hydrogens (primary N) is 1. The minimum atomic E-state index is -0.290. The molecular weight excluding hydrogens is 294 g/mol. The number of aromatic nitrogens is 2. The minimum Gasteiger partial charge on any atom is -0.508 e. The highest BCUT2D eigenvalue weighted by atomic mass is 16.3. The summed E-state index contributed by atoms with van der Waals surface area (Å²) >= 11 is 0. The molecule has 1 aromatic carbocycles. The van der Waals surface area contributed by atoms with Gasteiger partial charge in [0.25, 0.3) is 0 Å². The van der Waals surface area contributed by atoms with Crippen LogP contribution in [0.4, 0.5) is 11.4 Å². The number of phenolic OH excluding ortho intramolecular Hbond substituents is 1. The van der Waals surface area contributed by atoms with Crippen molar-refractivity contribution in [3.05, 3.63) is 36.7 Å². The molecule has 23 heavy (non-hydrogen) atoms. The van der Waals surface area contributed by atoms with Crippen molar-refractivity contribution in [1.82, 2.24) is 10.2 Å². The Balaban J connectivity index is 1.79. The molecule has 0 bridgehead atoms.